The van der Waals surface area contributed by atoms with Crippen molar-refractivity contribution < 1.29 is 0 Å². The van der Waals surface area contributed by atoms with E-state index < -0.39 is 0 Å². The van der Waals surface area contributed by atoms with Crippen LogP contribution in [0.25, 0.3) is 6.08 Å². The monoisotopic (exact) mass is 374 g/mol. The maximum atomic E-state index is 5.99. The van der Waals surface area contributed by atoms with Crippen molar-refractivity contribution in [1.29, 1.82) is 0 Å². The molecule has 0 saturated carbocycles. The summed E-state index contributed by atoms with van der Waals surface area (Å²) < 4.78 is 0. The standard InChI is InChI=1S/C19H23ClN4S/c1-3-4-6-11-16(12-15-9-7-5-8-10-15)14-21-24-18-13-17(20)22-19(23-18)25-2/h5,7-10,12-14H,3-4,6,11H2,1-2H3,(H,22,23,24)/b16-12-,21-14-. The number of thioether (sulfide) groups is 1. The Balaban J connectivity index is 2.08. The minimum absolute atomic E-state index is 0.403. The highest BCUT2D eigenvalue weighted by atomic mass is 35.5. The molecule has 0 atom stereocenters. The average Bonchev–Trinajstić information content (AvgIpc) is 2.62. The molecule has 132 valence electrons. The quantitative estimate of drug-likeness (QED) is 0.148. The van der Waals surface area contributed by atoms with E-state index in [0.717, 1.165) is 12.8 Å². The minimum atomic E-state index is 0.403. The first-order valence-electron chi connectivity index (χ1n) is 8.34. The lowest BCUT2D eigenvalue weighted by Crippen LogP contribution is -1.97. The topological polar surface area (TPSA) is 50.2 Å². The number of halogens is 1. The number of hydrogen-bond acceptors (Lipinski definition) is 5. The summed E-state index contributed by atoms with van der Waals surface area (Å²) in [6, 6.07) is 11.9. The number of benzene rings is 1. The van der Waals surface area contributed by atoms with E-state index in [1.165, 1.54) is 35.7 Å². The Morgan fingerprint density at radius 2 is 2.04 bits per heavy atom. The third kappa shape index (κ3) is 7.28. The first-order chi connectivity index (χ1) is 12.2. The van der Waals surface area contributed by atoms with Crippen molar-refractivity contribution in [2.24, 2.45) is 5.10 Å². The lowest BCUT2D eigenvalue weighted by atomic mass is 10.1. The zero-order valence-corrected chi connectivity index (χ0v) is 16.1. The van der Waals surface area contributed by atoms with E-state index in [4.69, 9.17) is 11.6 Å². The third-order valence-corrected chi connectivity index (χ3v) is 4.23. The Bertz CT molecular complexity index is 717. The van der Waals surface area contributed by atoms with E-state index in [2.05, 4.69) is 45.6 Å². The Morgan fingerprint density at radius 3 is 2.76 bits per heavy atom. The lowest BCUT2D eigenvalue weighted by Gasteiger charge is -2.04. The second-order valence-electron chi connectivity index (χ2n) is 5.52. The van der Waals surface area contributed by atoms with E-state index in [9.17, 15) is 0 Å². The maximum absolute atomic E-state index is 5.99. The zero-order chi connectivity index (χ0) is 17.9. The largest absolute Gasteiger partial charge is 0.261 e. The van der Waals surface area contributed by atoms with Crippen LogP contribution < -0.4 is 5.43 Å². The Morgan fingerprint density at radius 1 is 1.24 bits per heavy atom. The van der Waals surface area contributed by atoms with Gasteiger partial charge in [0.2, 0.25) is 0 Å². The van der Waals surface area contributed by atoms with Crippen molar-refractivity contribution in [2.45, 2.75) is 37.8 Å². The molecule has 4 nitrogen and oxygen atoms in total. The predicted molar refractivity (Wildman–Crippen MR) is 109 cm³/mol. The van der Waals surface area contributed by atoms with Gasteiger partial charge in [0.15, 0.2) is 11.0 Å². The first-order valence-corrected chi connectivity index (χ1v) is 9.95. The molecule has 25 heavy (non-hydrogen) atoms. The molecule has 0 aliphatic rings. The first kappa shape index (κ1) is 19.5. The molecule has 0 spiro atoms. The highest BCUT2D eigenvalue weighted by Crippen LogP contribution is 2.17. The fourth-order valence-corrected chi connectivity index (χ4v) is 2.86. The van der Waals surface area contributed by atoms with Gasteiger partial charge >= 0.3 is 0 Å². The molecule has 2 aromatic rings. The van der Waals surface area contributed by atoms with E-state index in [-0.39, 0.29) is 0 Å². The van der Waals surface area contributed by atoms with Crippen LogP contribution in [0, 0.1) is 0 Å². The van der Waals surface area contributed by atoms with E-state index in [1.807, 2.05) is 30.7 Å². The number of rotatable bonds is 9. The minimum Gasteiger partial charge on any atom is -0.261 e. The van der Waals surface area contributed by atoms with Crippen molar-refractivity contribution in [3.63, 3.8) is 0 Å². The molecule has 1 N–H and O–H groups in total. The van der Waals surface area contributed by atoms with Crippen molar-refractivity contribution >= 4 is 41.5 Å². The molecule has 0 radical (unpaired) electrons. The van der Waals surface area contributed by atoms with E-state index in [1.54, 1.807) is 6.07 Å². The molecule has 0 bridgehead atoms. The summed E-state index contributed by atoms with van der Waals surface area (Å²) in [5.41, 5.74) is 5.30. The second-order valence-corrected chi connectivity index (χ2v) is 6.68. The van der Waals surface area contributed by atoms with Crippen LogP contribution in [0.15, 0.2) is 52.2 Å². The van der Waals surface area contributed by atoms with Crippen molar-refractivity contribution in [2.75, 3.05) is 11.7 Å². The van der Waals surface area contributed by atoms with Crippen LogP contribution in [-0.4, -0.2) is 22.4 Å². The molecule has 1 aromatic heterocycles. The molecule has 0 unspecified atom stereocenters. The summed E-state index contributed by atoms with van der Waals surface area (Å²) in [6.45, 7) is 2.21. The molecule has 0 fully saturated rings. The number of allylic oxidation sites excluding steroid dienone is 1. The number of hydrogen-bond donors (Lipinski definition) is 1. The van der Waals surface area contributed by atoms with E-state index >= 15 is 0 Å². The van der Waals surface area contributed by atoms with Gasteiger partial charge in [-0.25, -0.2) is 9.97 Å². The van der Waals surface area contributed by atoms with Crippen molar-refractivity contribution in [3.05, 3.63) is 52.7 Å². The van der Waals surface area contributed by atoms with Gasteiger partial charge in [0.25, 0.3) is 0 Å². The van der Waals surface area contributed by atoms with Crippen LogP contribution in [0.5, 0.6) is 0 Å². The Labute approximate surface area is 158 Å². The SMILES string of the molecule is CCCCCC(/C=N\Nc1cc(Cl)nc(SC)n1)=C/c1ccccc1. The summed E-state index contributed by atoms with van der Waals surface area (Å²) in [4.78, 5) is 8.45. The number of nitrogens with zero attached hydrogens (tertiary/aromatic N) is 3. The van der Waals surface area contributed by atoms with Gasteiger partial charge in [0.05, 0.1) is 6.21 Å². The summed E-state index contributed by atoms with van der Waals surface area (Å²) in [5.74, 6) is 0.591. The molecule has 0 aliphatic carbocycles. The van der Waals surface area contributed by atoms with Gasteiger partial charge in [-0.2, -0.15) is 5.10 Å². The third-order valence-electron chi connectivity index (χ3n) is 3.49. The highest BCUT2D eigenvalue weighted by molar-refractivity contribution is 7.98. The molecule has 0 amide bonds. The Kier molecular flexibility index (Phi) is 8.49. The molecule has 1 heterocycles. The zero-order valence-electron chi connectivity index (χ0n) is 14.6. The summed E-state index contributed by atoms with van der Waals surface area (Å²) in [7, 11) is 0. The number of aromatic nitrogens is 2. The number of nitrogens with one attached hydrogen (secondary N) is 1. The van der Waals surface area contributed by atoms with Crippen LogP contribution in [0.4, 0.5) is 5.82 Å². The number of hydrazone groups is 1. The molecule has 2 rings (SSSR count). The normalized spacial score (nSPS) is 11.9. The lowest BCUT2D eigenvalue weighted by molar-refractivity contribution is 0.724. The van der Waals surface area contributed by atoms with Crippen LogP contribution in [0.2, 0.25) is 5.15 Å². The average molecular weight is 375 g/mol. The van der Waals surface area contributed by atoms with Gasteiger partial charge in [-0.3, -0.25) is 5.43 Å². The summed E-state index contributed by atoms with van der Waals surface area (Å²) in [6.07, 6.45) is 10.5. The van der Waals surface area contributed by atoms with Gasteiger partial charge in [0.1, 0.15) is 5.15 Å². The van der Waals surface area contributed by atoms with Gasteiger partial charge in [-0.05, 0) is 30.2 Å². The summed E-state index contributed by atoms with van der Waals surface area (Å²) in [5, 5.41) is 5.35. The highest BCUT2D eigenvalue weighted by Gasteiger charge is 2.01. The van der Waals surface area contributed by atoms with Gasteiger partial charge in [-0.15, -0.1) is 0 Å². The molecule has 0 saturated heterocycles. The summed E-state index contributed by atoms with van der Waals surface area (Å²) >= 11 is 7.44. The van der Waals surface area contributed by atoms with Gasteiger partial charge < -0.3 is 0 Å². The van der Waals surface area contributed by atoms with Crippen LogP contribution in [-0.2, 0) is 0 Å². The molecule has 6 heteroatoms. The second kappa shape index (κ2) is 10.9. The molecule has 1 aromatic carbocycles. The van der Waals surface area contributed by atoms with Gasteiger partial charge in [0, 0.05) is 6.07 Å². The van der Waals surface area contributed by atoms with Crippen LogP contribution in [0.3, 0.4) is 0 Å². The molecule has 0 aliphatic heterocycles. The van der Waals surface area contributed by atoms with Gasteiger partial charge in [-0.1, -0.05) is 79.5 Å². The molecular formula is C19H23ClN4S. The van der Waals surface area contributed by atoms with E-state index in [0.29, 0.717) is 16.1 Å². The van der Waals surface area contributed by atoms with Crippen molar-refractivity contribution in [3.8, 4) is 0 Å². The smallest absolute Gasteiger partial charge is 0.190 e. The van der Waals surface area contributed by atoms with Crippen molar-refractivity contribution in [1.82, 2.24) is 9.97 Å². The van der Waals surface area contributed by atoms with Crippen LogP contribution >= 0.6 is 23.4 Å². The number of unbranched alkanes of at least 4 members (excludes halogenated alkanes) is 2. The fraction of sp³-hybridized carbons (Fsp3) is 0.316. The Hall–Kier alpha value is -1.85. The van der Waals surface area contributed by atoms with Crippen LogP contribution in [0.1, 0.15) is 38.2 Å². The maximum Gasteiger partial charge on any atom is 0.190 e. The predicted octanol–water partition coefficient (Wildman–Crippen LogP) is 5.91. The fourth-order valence-electron chi connectivity index (χ4n) is 2.24. The number of anilines is 1. The molecular weight excluding hydrogens is 352 g/mol.